The van der Waals surface area contributed by atoms with E-state index in [1.165, 1.54) is 6.26 Å². The van der Waals surface area contributed by atoms with E-state index in [2.05, 4.69) is 10.2 Å². The molecule has 0 fully saturated rings. The van der Waals surface area contributed by atoms with Gasteiger partial charge in [-0.3, -0.25) is 0 Å². The first kappa shape index (κ1) is 11.1. The Morgan fingerprint density at radius 2 is 1.86 bits per heavy atom. The van der Waals surface area contributed by atoms with E-state index < -0.39 is 9.73 Å². The number of nitrogens with zero attached hydrogens (tertiary/aromatic N) is 2. The summed E-state index contributed by atoms with van der Waals surface area (Å²) >= 11 is 0. The fourth-order valence-corrected chi connectivity index (χ4v) is 1.45. The van der Waals surface area contributed by atoms with E-state index in [-0.39, 0.29) is 10.4 Å². The van der Waals surface area contributed by atoms with Gasteiger partial charge < -0.3 is 0 Å². The molecule has 0 saturated carbocycles. The molecule has 0 saturated heterocycles. The average Bonchev–Trinajstić information content (AvgIpc) is 2.01. The summed E-state index contributed by atoms with van der Waals surface area (Å²) in [7, 11) is -2.74. The van der Waals surface area contributed by atoms with Crippen molar-refractivity contribution in [3.63, 3.8) is 0 Å². The molecule has 0 aliphatic heterocycles. The van der Waals surface area contributed by atoms with Gasteiger partial charge in [-0.2, -0.15) is 5.10 Å². The molecular formula is C9H15N3OS. The van der Waals surface area contributed by atoms with Gasteiger partial charge in [0.25, 0.3) is 0 Å². The lowest BCUT2D eigenvalue weighted by atomic mass is 9.92. The number of hydrogen-bond donors (Lipinski definition) is 1. The summed E-state index contributed by atoms with van der Waals surface area (Å²) in [6, 6.07) is 3.39. The lowest BCUT2D eigenvalue weighted by Crippen LogP contribution is -2.15. The maximum absolute atomic E-state index is 11.3. The van der Waals surface area contributed by atoms with Crippen LogP contribution >= 0.6 is 0 Å². The van der Waals surface area contributed by atoms with Gasteiger partial charge in [0.15, 0.2) is 5.03 Å². The Morgan fingerprint density at radius 1 is 1.29 bits per heavy atom. The molecule has 0 aromatic carbocycles. The molecule has 1 aromatic heterocycles. The highest BCUT2D eigenvalue weighted by Gasteiger charge is 2.16. The normalized spacial score (nSPS) is 16.3. The lowest BCUT2D eigenvalue weighted by Gasteiger charge is -2.16. The first-order valence-corrected chi connectivity index (χ1v) is 6.26. The van der Waals surface area contributed by atoms with E-state index in [4.69, 9.17) is 4.78 Å². The van der Waals surface area contributed by atoms with Crippen molar-refractivity contribution in [3.05, 3.63) is 17.8 Å². The highest BCUT2D eigenvalue weighted by Crippen LogP contribution is 2.19. The Morgan fingerprint density at radius 3 is 2.14 bits per heavy atom. The maximum atomic E-state index is 11.3. The molecule has 78 valence electrons. The van der Waals surface area contributed by atoms with Crippen LogP contribution in [-0.2, 0) is 15.1 Å². The second kappa shape index (κ2) is 3.31. The van der Waals surface area contributed by atoms with Gasteiger partial charge in [0.1, 0.15) is 0 Å². The zero-order valence-corrected chi connectivity index (χ0v) is 9.68. The number of aromatic nitrogens is 2. The van der Waals surface area contributed by atoms with Crippen LogP contribution in [0.5, 0.6) is 0 Å². The molecule has 14 heavy (non-hydrogen) atoms. The van der Waals surface area contributed by atoms with Crippen molar-refractivity contribution in [2.24, 2.45) is 0 Å². The molecule has 1 atom stereocenters. The Labute approximate surface area is 84.7 Å². The molecular weight excluding hydrogens is 198 g/mol. The fourth-order valence-electron chi connectivity index (χ4n) is 0.928. The Bertz CT molecular complexity index is 414. The molecule has 0 radical (unpaired) electrons. The minimum Gasteiger partial charge on any atom is -0.248 e. The largest absolute Gasteiger partial charge is 0.248 e. The molecule has 5 heteroatoms. The Balaban J connectivity index is 3.14. The fraction of sp³-hybridized carbons (Fsp3) is 0.556. The van der Waals surface area contributed by atoms with Crippen LogP contribution in [0.25, 0.3) is 0 Å². The van der Waals surface area contributed by atoms with Gasteiger partial charge in [0.05, 0.1) is 15.4 Å². The van der Waals surface area contributed by atoms with Crippen LogP contribution < -0.4 is 0 Å². The molecule has 0 spiro atoms. The smallest absolute Gasteiger partial charge is 0.157 e. The molecule has 0 aliphatic rings. The summed E-state index contributed by atoms with van der Waals surface area (Å²) in [6.45, 7) is 6.09. The van der Waals surface area contributed by atoms with Crippen LogP contribution in [0.2, 0.25) is 0 Å². The Hall–Kier alpha value is -0.970. The van der Waals surface area contributed by atoms with Crippen molar-refractivity contribution in [3.8, 4) is 0 Å². The van der Waals surface area contributed by atoms with Crippen LogP contribution in [-0.4, -0.2) is 20.7 Å². The third-order valence-corrected chi connectivity index (χ3v) is 2.82. The molecule has 0 amide bonds. The minimum atomic E-state index is -2.74. The maximum Gasteiger partial charge on any atom is 0.157 e. The number of rotatable bonds is 1. The predicted octanol–water partition coefficient (Wildman–Crippen LogP) is 1.81. The second-order valence-electron chi connectivity index (χ2n) is 4.35. The lowest BCUT2D eigenvalue weighted by molar-refractivity contribution is 0.553. The van der Waals surface area contributed by atoms with E-state index in [9.17, 15) is 4.21 Å². The molecule has 0 aliphatic carbocycles. The van der Waals surface area contributed by atoms with E-state index in [0.29, 0.717) is 0 Å². The third kappa shape index (κ3) is 2.51. The summed E-state index contributed by atoms with van der Waals surface area (Å²) in [5.41, 5.74) is 0.771. The topological polar surface area (TPSA) is 66.7 Å². The molecule has 1 heterocycles. The summed E-state index contributed by atoms with van der Waals surface area (Å²) in [5.74, 6) is 0. The van der Waals surface area contributed by atoms with Crippen LogP contribution in [0.3, 0.4) is 0 Å². The van der Waals surface area contributed by atoms with Crippen LogP contribution in [0.15, 0.2) is 17.2 Å². The van der Waals surface area contributed by atoms with E-state index in [1.807, 2.05) is 20.8 Å². The zero-order chi connectivity index (χ0) is 11.0. The van der Waals surface area contributed by atoms with Gasteiger partial charge >= 0.3 is 0 Å². The first-order chi connectivity index (χ1) is 6.21. The van der Waals surface area contributed by atoms with Crippen LogP contribution in [0.1, 0.15) is 26.5 Å². The van der Waals surface area contributed by atoms with Gasteiger partial charge in [-0.15, -0.1) is 5.10 Å². The van der Waals surface area contributed by atoms with Gasteiger partial charge in [-0.1, -0.05) is 20.8 Å². The molecule has 1 aromatic rings. The standard InChI is InChI=1S/C9H15N3OS/c1-9(2,3)7-5-6-8(12-11-7)14(4,10)13/h5-6,10H,1-4H3. The van der Waals surface area contributed by atoms with Crippen molar-refractivity contribution in [1.82, 2.24) is 10.2 Å². The van der Waals surface area contributed by atoms with E-state index in [1.54, 1.807) is 12.1 Å². The van der Waals surface area contributed by atoms with Gasteiger partial charge in [0.2, 0.25) is 0 Å². The molecule has 0 bridgehead atoms. The third-order valence-electron chi connectivity index (χ3n) is 1.81. The van der Waals surface area contributed by atoms with Gasteiger partial charge in [-0.05, 0) is 12.1 Å². The summed E-state index contributed by atoms with van der Waals surface area (Å²) in [5, 5.41) is 8.01. The molecule has 4 nitrogen and oxygen atoms in total. The molecule has 1 unspecified atom stereocenters. The van der Waals surface area contributed by atoms with Crippen molar-refractivity contribution in [2.75, 3.05) is 6.26 Å². The monoisotopic (exact) mass is 213 g/mol. The van der Waals surface area contributed by atoms with E-state index >= 15 is 0 Å². The summed E-state index contributed by atoms with van der Waals surface area (Å²) < 4.78 is 18.6. The first-order valence-electron chi connectivity index (χ1n) is 4.29. The van der Waals surface area contributed by atoms with Crippen molar-refractivity contribution in [1.29, 1.82) is 4.78 Å². The average molecular weight is 213 g/mol. The van der Waals surface area contributed by atoms with Crippen molar-refractivity contribution < 1.29 is 4.21 Å². The van der Waals surface area contributed by atoms with E-state index in [0.717, 1.165) is 5.69 Å². The number of hydrogen-bond acceptors (Lipinski definition) is 4. The quantitative estimate of drug-likeness (QED) is 0.773. The van der Waals surface area contributed by atoms with Crippen LogP contribution in [0, 0.1) is 4.78 Å². The van der Waals surface area contributed by atoms with Gasteiger partial charge in [-0.25, -0.2) is 8.99 Å². The van der Waals surface area contributed by atoms with Crippen LogP contribution in [0.4, 0.5) is 0 Å². The second-order valence-corrected chi connectivity index (χ2v) is 6.46. The minimum absolute atomic E-state index is 0.0673. The highest BCUT2D eigenvalue weighted by molar-refractivity contribution is 7.91. The molecule has 1 rings (SSSR count). The Kier molecular flexibility index (Phi) is 2.63. The van der Waals surface area contributed by atoms with Crippen molar-refractivity contribution >= 4 is 9.73 Å². The predicted molar refractivity (Wildman–Crippen MR) is 55.8 cm³/mol. The highest BCUT2D eigenvalue weighted by atomic mass is 32.2. The molecule has 1 N–H and O–H groups in total. The summed E-state index contributed by atoms with van der Waals surface area (Å²) in [6.07, 6.45) is 1.34. The van der Waals surface area contributed by atoms with Gasteiger partial charge in [0, 0.05) is 11.7 Å². The zero-order valence-electron chi connectivity index (χ0n) is 8.87. The SMILES string of the molecule is CC(C)(C)c1ccc(S(C)(=N)=O)nn1. The van der Waals surface area contributed by atoms with Crippen molar-refractivity contribution in [2.45, 2.75) is 31.2 Å². The number of nitrogens with one attached hydrogen (secondary N) is 1. The summed E-state index contributed by atoms with van der Waals surface area (Å²) in [4.78, 5) is 0.